The number of carboxylic acid groups (broad SMARTS) is 1. The molecule has 1 saturated heterocycles. The number of phenolic OH excluding ortho intramolecular Hbond substituents is 1. The SMILES string of the molecule is CC(=O)O.COc1ccc(C2COC(c3ccc(O)cc3)OC2)cc1. The van der Waals surface area contributed by atoms with E-state index in [0.29, 0.717) is 13.2 Å². The lowest BCUT2D eigenvalue weighted by Gasteiger charge is -2.30. The minimum atomic E-state index is -0.833. The van der Waals surface area contributed by atoms with Gasteiger partial charge in [-0.2, -0.15) is 0 Å². The van der Waals surface area contributed by atoms with E-state index in [1.54, 1.807) is 19.2 Å². The Kier molecular flexibility index (Phi) is 6.80. The third kappa shape index (κ3) is 5.77. The van der Waals surface area contributed by atoms with Gasteiger partial charge in [0, 0.05) is 18.4 Å². The number of aliphatic carboxylic acids is 1. The predicted molar refractivity (Wildman–Crippen MR) is 91.8 cm³/mol. The lowest BCUT2D eigenvalue weighted by atomic mass is 10.00. The summed E-state index contributed by atoms with van der Waals surface area (Å²) in [6.45, 7) is 2.30. The average Bonchev–Trinajstić information content (AvgIpc) is 2.62. The topological polar surface area (TPSA) is 85.2 Å². The zero-order valence-corrected chi connectivity index (χ0v) is 14.2. The number of carboxylic acids is 1. The number of rotatable bonds is 3. The van der Waals surface area contributed by atoms with Gasteiger partial charge in [0.25, 0.3) is 5.97 Å². The van der Waals surface area contributed by atoms with Crippen molar-refractivity contribution in [3.8, 4) is 11.5 Å². The van der Waals surface area contributed by atoms with Gasteiger partial charge in [0.15, 0.2) is 6.29 Å². The largest absolute Gasteiger partial charge is 0.508 e. The standard InChI is InChI=1S/C17H18O4.C2H4O2/c1-19-16-8-4-12(5-9-16)14-10-20-17(21-11-14)13-2-6-15(18)7-3-13;1-2(3)4/h2-9,14,17-18H,10-11H2,1H3;1H3,(H,3,4). The second-order valence-electron chi connectivity index (χ2n) is 5.58. The maximum absolute atomic E-state index is 9.30. The van der Waals surface area contributed by atoms with Crippen LogP contribution < -0.4 is 4.74 Å². The van der Waals surface area contributed by atoms with Crippen LogP contribution in [-0.2, 0) is 14.3 Å². The zero-order chi connectivity index (χ0) is 18.2. The van der Waals surface area contributed by atoms with E-state index < -0.39 is 5.97 Å². The Morgan fingerprint density at radius 3 is 1.96 bits per heavy atom. The normalized spacial score (nSPS) is 19.4. The molecule has 1 aliphatic heterocycles. The first-order valence-corrected chi connectivity index (χ1v) is 7.85. The molecule has 1 fully saturated rings. The summed E-state index contributed by atoms with van der Waals surface area (Å²) < 4.78 is 16.7. The molecule has 3 rings (SSSR count). The molecule has 6 nitrogen and oxygen atoms in total. The second kappa shape index (κ2) is 9.05. The van der Waals surface area contributed by atoms with Gasteiger partial charge in [-0.15, -0.1) is 0 Å². The van der Waals surface area contributed by atoms with Crippen LogP contribution in [0.2, 0.25) is 0 Å². The van der Waals surface area contributed by atoms with E-state index in [1.807, 2.05) is 36.4 Å². The van der Waals surface area contributed by atoms with Crippen molar-refractivity contribution in [1.82, 2.24) is 0 Å². The van der Waals surface area contributed by atoms with Crippen LogP contribution in [0.4, 0.5) is 0 Å². The maximum Gasteiger partial charge on any atom is 0.300 e. The van der Waals surface area contributed by atoms with Crippen molar-refractivity contribution in [2.75, 3.05) is 20.3 Å². The lowest BCUT2D eigenvalue weighted by Crippen LogP contribution is -2.25. The molecule has 2 N–H and O–H groups in total. The molecule has 1 heterocycles. The van der Waals surface area contributed by atoms with E-state index in [1.165, 1.54) is 5.56 Å². The molecule has 134 valence electrons. The van der Waals surface area contributed by atoms with Crippen molar-refractivity contribution in [3.63, 3.8) is 0 Å². The summed E-state index contributed by atoms with van der Waals surface area (Å²) >= 11 is 0. The zero-order valence-electron chi connectivity index (χ0n) is 14.2. The second-order valence-corrected chi connectivity index (χ2v) is 5.58. The Morgan fingerprint density at radius 2 is 1.48 bits per heavy atom. The first kappa shape index (κ1) is 18.8. The maximum atomic E-state index is 9.30. The predicted octanol–water partition coefficient (Wildman–Crippen LogP) is 3.32. The molecule has 25 heavy (non-hydrogen) atoms. The van der Waals surface area contributed by atoms with Crippen LogP contribution in [0.3, 0.4) is 0 Å². The minimum absolute atomic E-state index is 0.226. The molecule has 2 aromatic rings. The lowest BCUT2D eigenvalue weighted by molar-refractivity contribution is -0.191. The van der Waals surface area contributed by atoms with E-state index in [2.05, 4.69) is 0 Å². The van der Waals surface area contributed by atoms with Crippen molar-refractivity contribution in [3.05, 3.63) is 59.7 Å². The Morgan fingerprint density at radius 1 is 1.00 bits per heavy atom. The number of hydrogen-bond donors (Lipinski definition) is 2. The molecule has 0 aromatic heterocycles. The molecule has 2 aromatic carbocycles. The fourth-order valence-electron chi connectivity index (χ4n) is 2.40. The number of hydrogen-bond acceptors (Lipinski definition) is 5. The third-order valence-corrected chi connectivity index (χ3v) is 3.65. The number of aromatic hydroxyl groups is 1. The van der Waals surface area contributed by atoms with Crippen molar-refractivity contribution in [2.45, 2.75) is 19.1 Å². The van der Waals surface area contributed by atoms with Crippen molar-refractivity contribution < 1.29 is 29.2 Å². The van der Waals surface area contributed by atoms with Crippen LogP contribution in [0, 0.1) is 0 Å². The number of benzene rings is 2. The molecular formula is C19H22O6. The number of phenols is 1. The van der Waals surface area contributed by atoms with Gasteiger partial charge in [0.1, 0.15) is 11.5 Å². The van der Waals surface area contributed by atoms with E-state index in [0.717, 1.165) is 18.2 Å². The number of methoxy groups -OCH3 is 1. The molecule has 0 spiro atoms. The van der Waals surface area contributed by atoms with Crippen LogP contribution in [0.25, 0.3) is 0 Å². The third-order valence-electron chi connectivity index (χ3n) is 3.65. The minimum Gasteiger partial charge on any atom is -0.508 e. The first-order chi connectivity index (χ1) is 12.0. The smallest absolute Gasteiger partial charge is 0.300 e. The van der Waals surface area contributed by atoms with Gasteiger partial charge in [-0.3, -0.25) is 4.79 Å². The van der Waals surface area contributed by atoms with Gasteiger partial charge in [0.2, 0.25) is 0 Å². The van der Waals surface area contributed by atoms with E-state index >= 15 is 0 Å². The summed E-state index contributed by atoms with van der Waals surface area (Å²) in [5, 5.41) is 16.7. The summed E-state index contributed by atoms with van der Waals surface area (Å²) in [5.41, 5.74) is 2.10. The molecular weight excluding hydrogens is 324 g/mol. The van der Waals surface area contributed by atoms with Gasteiger partial charge in [0.05, 0.1) is 20.3 Å². The van der Waals surface area contributed by atoms with Crippen LogP contribution in [-0.4, -0.2) is 36.5 Å². The van der Waals surface area contributed by atoms with E-state index in [4.69, 9.17) is 24.1 Å². The van der Waals surface area contributed by atoms with Gasteiger partial charge in [-0.1, -0.05) is 24.3 Å². The highest BCUT2D eigenvalue weighted by Gasteiger charge is 2.24. The molecule has 0 amide bonds. The number of ether oxygens (including phenoxy) is 3. The van der Waals surface area contributed by atoms with Gasteiger partial charge in [-0.25, -0.2) is 0 Å². The Balaban J connectivity index is 0.000000511. The van der Waals surface area contributed by atoms with E-state index in [9.17, 15) is 5.11 Å². The average molecular weight is 346 g/mol. The highest BCUT2D eigenvalue weighted by atomic mass is 16.7. The van der Waals surface area contributed by atoms with E-state index in [-0.39, 0.29) is 18.0 Å². The highest BCUT2D eigenvalue weighted by molar-refractivity contribution is 5.62. The Hall–Kier alpha value is -2.57. The number of carbonyl (C=O) groups is 1. The molecule has 0 aliphatic carbocycles. The molecule has 0 saturated carbocycles. The van der Waals surface area contributed by atoms with Crippen LogP contribution in [0.1, 0.15) is 30.3 Å². The summed E-state index contributed by atoms with van der Waals surface area (Å²) in [7, 11) is 1.66. The summed E-state index contributed by atoms with van der Waals surface area (Å²) in [4.78, 5) is 9.00. The fraction of sp³-hybridized carbons (Fsp3) is 0.316. The molecule has 0 radical (unpaired) electrons. The molecule has 0 unspecified atom stereocenters. The van der Waals surface area contributed by atoms with Gasteiger partial charge < -0.3 is 24.4 Å². The van der Waals surface area contributed by atoms with Crippen molar-refractivity contribution >= 4 is 5.97 Å². The summed E-state index contributed by atoms with van der Waals surface area (Å²) in [5.74, 6) is 0.480. The van der Waals surface area contributed by atoms with Gasteiger partial charge in [-0.05, 0) is 29.8 Å². The Bertz CT molecular complexity index is 653. The van der Waals surface area contributed by atoms with Crippen molar-refractivity contribution in [1.29, 1.82) is 0 Å². The quantitative estimate of drug-likeness (QED) is 0.887. The fourth-order valence-corrected chi connectivity index (χ4v) is 2.40. The summed E-state index contributed by atoms with van der Waals surface area (Å²) in [6.07, 6.45) is -0.361. The van der Waals surface area contributed by atoms with Crippen LogP contribution in [0.15, 0.2) is 48.5 Å². The molecule has 6 heteroatoms. The first-order valence-electron chi connectivity index (χ1n) is 7.85. The molecule has 1 aliphatic rings. The highest BCUT2D eigenvalue weighted by Crippen LogP contribution is 2.31. The van der Waals surface area contributed by atoms with Gasteiger partial charge >= 0.3 is 0 Å². The van der Waals surface area contributed by atoms with Crippen molar-refractivity contribution in [2.24, 2.45) is 0 Å². The van der Waals surface area contributed by atoms with Crippen LogP contribution in [0.5, 0.6) is 11.5 Å². The van der Waals surface area contributed by atoms with Crippen LogP contribution >= 0.6 is 0 Å². The Labute approximate surface area is 146 Å². The summed E-state index contributed by atoms with van der Waals surface area (Å²) in [6, 6.07) is 14.9. The molecule has 0 bridgehead atoms. The molecule has 0 atom stereocenters. The monoisotopic (exact) mass is 346 g/mol.